The van der Waals surface area contributed by atoms with E-state index in [0.29, 0.717) is 6.04 Å². The van der Waals surface area contributed by atoms with Gasteiger partial charge in [-0.2, -0.15) is 0 Å². The molecule has 0 spiro atoms. The zero-order chi connectivity index (χ0) is 13.7. The average molecular weight is 281 g/mol. The van der Waals surface area contributed by atoms with E-state index < -0.39 is 0 Å². The zero-order valence-electron chi connectivity index (χ0n) is 12.5. The summed E-state index contributed by atoms with van der Waals surface area (Å²) < 4.78 is 0. The normalized spacial score (nSPS) is 21.8. The number of nitrogens with zero attached hydrogens (tertiary/aromatic N) is 2. The molecule has 1 saturated heterocycles. The van der Waals surface area contributed by atoms with Crippen molar-refractivity contribution in [2.24, 2.45) is 5.92 Å². The lowest BCUT2D eigenvalue weighted by Crippen LogP contribution is -2.24. The van der Waals surface area contributed by atoms with Crippen molar-refractivity contribution in [3.05, 3.63) is 16.1 Å². The van der Waals surface area contributed by atoms with Crippen LogP contribution in [-0.4, -0.2) is 29.0 Å². The minimum atomic E-state index is 0.527. The first-order valence-electron chi connectivity index (χ1n) is 7.52. The first-order chi connectivity index (χ1) is 9.13. The van der Waals surface area contributed by atoms with Crippen molar-refractivity contribution < 1.29 is 0 Å². The molecule has 108 valence electrons. The highest BCUT2D eigenvalue weighted by molar-refractivity contribution is 7.09. The van der Waals surface area contributed by atoms with Crippen molar-refractivity contribution in [2.75, 3.05) is 13.1 Å². The Kier molecular flexibility index (Phi) is 5.79. The fraction of sp³-hybridized carbons (Fsp3) is 0.800. The van der Waals surface area contributed by atoms with Gasteiger partial charge < -0.3 is 5.32 Å². The molecule has 0 radical (unpaired) electrons. The highest BCUT2D eigenvalue weighted by atomic mass is 32.1. The molecule has 1 aliphatic heterocycles. The average Bonchev–Trinajstić information content (AvgIpc) is 2.71. The van der Waals surface area contributed by atoms with Crippen molar-refractivity contribution in [2.45, 2.75) is 59.2 Å². The van der Waals surface area contributed by atoms with Gasteiger partial charge in [0.15, 0.2) is 0 Å². The molecule has 0 aliphatic carbocycles. The van der Waals surface area contributed by atoms with Gasteiger partial charge in [0.1, 0.15) is 5.01 Å². The molecule has 4 heteroatoms. The Labute approximate surface area is 121 Å². The lowest BCUT2D eigenvalue weighted by molar-refractivity contribution is 0.271. The van der Waals surface area contributed by atoms with E-state index in [2.05, 4.69) is 36.4 Å². The molecule has 1 aromatic heterocycles. The van der Waals surface area contributed by atoms with Crippen molar-refractivity contribution in [3.8, 4) is 0 Å². The van der Waals surface area contributed by atoms with Gasteiger partial charge in [0.05, 0.1) is 5.69 Å². The van der Waals surface area contributed by atoms with Gasteiger partial charge in [-0.15, -0.1) is 11.3 Å². The quantitative estimate of drug-likeness (QED) is 0.898. The second-order valence-electron chi connectivity index (χ2n) is 6.08. The highest BCUT2D eigenvalue weighted by Gasteiger charge is 2.15. The smallest absolute Gasteiger partial charge is 0.107 e. The van der Waals surface area contributed by atoms with Crippen LogP contribution in [-0.2, 0) is 13.1 Å². The van der Waals surface area contributed by atoms with Crippen LogP contribution in [0.5, 0.6) is 0 Å². The molecule has 0 bridgehead atoms. The minimum absolute atomic E-state index is 0.527. The van der Waals surface area contributed by atoms with Gasteiger partial charge >= 0.3 is 0 Å². The van der Waals surface area contributed by atoms with E-state index in [9.17, 15) is 0 Å². The summed E-state index contributed by atoms with van der Waals surface area (Å²) in [7, 11) is 0. The molecule has 19 heavy (non-hydrogen) atoms. The monoisotopic (exact) mass is 281 g/mol. The van der Waals surface area contributed by atoms with E-state index in [0.717, 1.165) is 19.0 Å². The predicted molar refractivity (Wildman–Crippen MR) is 82.4 cm³/mol. The fourth-order valence-corrected chi connectivity index (χ4v) is 3.24. The van der Waals surface area contributed by atoms with Crippen LogP contribution < -0.4 is 5.32 Å². The predicted octanol–water partition coefficient (Wildman–Crippen LogP) is 3.26. The molecule has 0 amide bonds. The van der Waals surface area contributed by atoms with Gasteiger partial charge in [-0.25, -0.2) is 4.98 Å². The third-order valence-electron chi connectivity index (χ3n) is 3.76. The summed E-state index contributed by atoms with van der Waals surface area (Å²) >= 11 is 1.79. The molecule has 1 aliphatic rings. The van der Waals surface area contributed by atoms with Crippen LogP contribution in [0.3, 0.4) is 0 Å². The van der Waals surface area contributed by atoms with Gasteiger partial charge in [0, 0.05) is 24.5 Å². The van der Waals surface area contributed by atoms with Crippen LogP contribution >= 0.6 is 11.3 Å². The standard InChI is InChI=1S/C15H27N3S/c1-12(2)16-9-15-17-14(11-19-15)10-18-7-4-5-13(3)6-8-18/h11-13,16H,4-10H2,1-3H3. The third kappa shape index (κ3) is 5.21. The van der Waals surface area contributed by atoms with E-state index in [1.54, 1.807) is 11.3 Å². The number of nitrogens with one attached hydrogen (secondary N) is 1. The molecule has 2 rings (SSSR count). The summed E-state index contributed by atoms with van der Waals surface area (Å²) in [6, 6.07) is 0.527. The molecule has 1 unspecified atom stereocenters. The second-order valence-corrected chi connectivity index (χ2v) is 7.02. The maximum Gasteiger partial charge on any atom is 0.107 e. The summed E-state index contributed by atoms with van der Waals surface area (Å²) in [4.78, 5) is 7.31. The third-order valence-corrected chi connectivity index (χ3v) is 4.65. The van der Waals surface area contributed by atoms with Gasteiger partial charge in [0.2, 0.25) is 0 Å². The van der Waals surface area contributed by atoms with E-state index in [1.807, 2.05) is 0 Å². The number of likely N-dealkylation sites (tertiary alicyclic amines) is 1. The Bertz CT molecular complexity index is 375. The lowest BCUT2D eigenvalue weighted by atomic mass is 10.0. The summed E-state index contributed by atoms with van der Waals surface area (Å²) in [5.41, 5.74) is 1.25. The van der Waals surface area contributed by atoms with Crippen LogP contribution in [0, 0.1) is 5.92 Å². The van der Waals surface area contributed by atoms with Crippen molar-refractivity contribution in [1.82, 2.24) is 15.2 Å². The van der Waals surface area contributed by atoms with E-state index >= 15 is 0 Å². The Hall–Kier alpha value is -0.450. The van der Waals surface area contributed by atoms with Crippen LogP contribution in [0.1, 0.15) is 50.7 Å². The van der Waals surface area contributed by atoms with Gasteiger partial charge in [0.25, 0.3) is 0 Å². The second kappa shape index (κ2) is 7.36. The SMILES string of the molecule is CC1CCCN(Cc2csc(CNC(C)C)n2)CC1. The molecule has 1 N–H and O–H groups in total. The van der Waals surface area contributed by atoms with Crippen molar-refractivity contribution in [1.29, 1.82) is 0 Å². The first-order valence-corrected chi connectivity index (χ1v) is 8.40. The fourth-order valence-electron chi connectivity index (χ4n) is 2.50. The van der Waals surface area contributed by atoms with Crippen LogP contribution in [0.25, 0.3) is 0 Å². The Morgan fingerprint density at radius 2 is 2.26 bits per heavy atom. The molecule has 1 fully saturated rings. The molecule has 1 aromatic rings. The van der Waals surface area contributed by atoms with Crippen LogP contribution in [0.4, 0.5) is 0 Å². The van der Waals surface area contributed by atoms with Gasteiger partial charge in [-0.05, 0) is 38.3 Å². The summed E-state index contributed by atoms with van der Waals surface area (Å²) in [6.07, 6.45) is 4.07. The number of aromatic nitrogens is 1. The Morgan fingerprint density at radius 1 is 1.42 bits per heavy atom. The van der Waals surface area contributed by atoms with Crippen molar-refractivity contribution in [3.63, 3.8) is 0 Å². The molecular formula is C15H27N3S. The minimum Gasteiger partial charge on any atom is -0.308 e. The Morgan fingerprint density at radius 3 is 3.05 bits per heavy atom. The maximum atomic E-state index is 4.74. The van der Waals surface area contributed by atoms with Crippen molar-refractivity contribution >= 4 is 11.3 Å². The highest BCUT2D eigenvalue weighted by Crippen LogP contribution is 2.19. The number of rotatable bonds is 5. The molecule has 3 nitrogen and oxygen atoms in total. The molecule has 1 atom stereocenters. The number of thiazole rings is 1. The summed E-state index contributed by atoms with van der Waals surface area (Å²) in [6.45, 7) is 11.1. The summed E-state index contributed by atoms with van der Waals surface area (Å²) in [5, 5.41) is 6.87. The van der Waals surface area contributed by atoms with Crippen LogP contribution in [0.15, 0.2) is 5.38 Å². The lowest BCUT2D eigenvalue weighted by Gasteiger charge is -2.18. The van der Waals surface area contributed by atoms with E-state index in [4.69, 9.17) is 4.98 Å². The first kappa shape index (κ1) is 14.9. The van der Waals surface area contributed by atoms with Crippen LogP contribution in [0.2, 0.25) is 0 Å². The topological polar surface area (TPSA) is 28.2 Å². The summed E-state index contributed by atoms with van der Waals surface area (Å²) in [5.74, 6) is 0.895. The molecule has 0 saturated carbocycles. The number of hydrogen-bond donors (Lipinski definition) is 1. The maximum absolute atomic E-state index is 4.74. The number of hydrogen-bond acceptors (Lipinski definition) is 4. The van der Waals surface area contributed by atoms with Gasteiger partial charge in [-0.1, -0.05) is 20.8 Å². The van der Waals surface area contributed by atoms with Gasteiger partial charge in [-0.3, -0.25) is 4.90 Å². The van der Waals surface area contributed by atoms with E-state index in [1.165, 1.54) is 43.1 Å². The Balaban J connectivity index is 1.82. The molecule has 0 aromatic carbocycles. The van der Waals surface area contributed by atoms with E-state index in [-0.39, 0.29) is 0 Å². The molecular weight excluding hydrogens is 254 g/mol. The molecule has 2 heterocycles. The zero-order valence-corrected chi connectivity index (χ0v) is 13.3. The largest absolute Gasteiger partial charge is 0.308 e.